The van der Waals surface area contributed by atoms with E-state index in [2.05, 4.69) is 59.3 Å². The van der Waals surface area contributed by atoms with Gasteiger partial charge in [0.15, 0.2) is 18.9 Å². The van der Waals surface area contributed by atoms with Crippen LogP contribution in [0.2, 0.25) is 0 Å². The summed E-state index contributed by atoms with van der Waals surface area (Å²) < 4.78 is 15.5. The first-order valence-corrected chi connectivity index (χ1v) is 23.3. The van der Waals surface area contributed by atoms with Crippen molar-refractivity contribution in [2.24, 2.45) is 11.8 Å². The second kappa shape index (κ2) is 18.8. The highest BCUT2D eigenvalue weighted by molar-refractivity contribution is 6.26. The molecule has 0 saturated carbocycles. The predicted molar refractivity (Wildman–Crippen MR) is 260 cm³/mol. The summed E-state index contributed by atoms with van der Waals surface area (Å²) in [6, 6.07) is 19.2. The maximum Gasteiger partial charge on any atom is 0.322 e. The van der Waals surface area contributed by atoms with E-state index in [1.54, 1.807) is 20.3 Å². The second-order valence-corrected chi connectivity index (χ2v) is 18.2. The van der Waals surface area contributed by atoms with Gasteiger partial charge in [-0.05, 0) is 129 Å². The number of hydrogen-bond acceptors (Lipinski definition) is 9. The van der Waals surface area contributed by atoms with Gasteiger partial charge in [-0.1, -0.05) is 0 Å². The number of hydrogen-bond donors (Lipinski definition) is 5. The van der Waals surface area contributed by atoms with Crippen LogP contribution < -0.4 is 24.7 Å². The molecule has 8 aromatic rings. The number of nitrogens with zero attached hydrogens (tertiary/aromatic N) is 5. The van der Waals surface area contributed by atoms with Crippen LogP contribution in [0.4, 0.5) is 0 Å². The van der Waals surface area contributed by atoms with E-state index in [4.69, 9.17) is 14.5 Å². The van der Waals surface area contributed by atoms with Gasteiger partial charge in [-0.3, -0.25) is 24.1 Å². The lowest BCUT2D eigenvalue weighted by atomic mass is 9.79. The minimum absolute atomic E-state index is 0.341. The zero-order valence-electron chi connectivity index (χ0n) is 38.2. The van der Waals surface area contributed by atoms with Crippen LogP contribution in [0.5, 0.6) is 11.5 Å². The maximum atomic E-state index is 13.3. The Hall–Kier alpha value is -7.30. The fourth-order valence-corrected chi connectivity index (χ4v) is 10.7. The van der Waals surface area contributed by atoms with Gasteiger partial charge in [0, 0.05) is 64.0 Å². The van der Waals surface area contributed by atoms with Crippen molar-refractivity contribution in [3.63, 3.8) is 0 Å². The highest BCUT2D eigenvalue weighted by atomic mass is 16.5. The van der Waals surface area contributed by atoms with Crippen molar-refractivity contribution < 1.29 is 43.4 Å². The average Bonchev–Trinajstić information content (AvgIpc) is 3.94. The fraction of sp³-hybridized carbons (Fsp3) is 0.346. The summed E-state index contributed by atoms with van der Waals surface area (Å²) in [6.45, 7) is 6.92. The summed E-state index contributed by atoms with van der Waals surface area (Å²) in [5.74, 6) is -0.273. The number of H-pyrrole nitrogens is 1. The molecule has 2 amide bonds. The molecule has 5 N–H and O–H groups in total. The molecule has 2 aliphatic heterocycles. The summed E-state index contributed by atoms with van der Waals surface area (Å²) in [4.78, 5) is 62.4. The van der Waals surface area contributed by atoms with Crippen LogP contribution in [0.25, 0.3) is 65.2 Å². The Morgan fingerprint density at radius 3 is 2.00 bits per heavy atom. The SMILES string of the molecule is COc1ccc2nc3c(C(=O)NCC(=O)O)cc4ccn(CCN5CCC(C6CCN(CC[n+]7ccc8cc(C(=O)NCC(=O)O)c9[nH]c%10ccc(OC)cc%10c9c8c7)CC6)CC5)cc4c3c2c1. The van der Waals surface area contributed by atoms with Crippen LogP contribution in [0.1, 0.15) is 46.4 Å². The van der Waals surface area contributed by atoms with Gasteiger partial charge in [0.2, 0.25) is 0 Å². The molecule has 6 heterocycles. The number of ether oxygens (including phenoxy) is 2. The number of benzene rings is 4. The normalized spacial score (nSPS) is 15.5. The number of pyridine rings is 2. The average molecular weight is 920 g/mol. The third-order valence-corrected chi connectivity index (χ3v) is 14.3. The Bertz CT molecular complexity index is 3060. The molecule has 0 unspecified atom stereocenters. The molecule has 0 spiro atoms. The van der Waals surface area contributed by atoms with E-state index < -0.39 is 36.8 Å². The number of carbonyl (C=O) groups excluding carboxylic acids is 2. The number of carbonyl (C=O) groups is 4. The van der Waals surface area contributed by atoms with Crippen molar-refractivity contribution in [3.05, 3.63) is 96.6 Å². The maximum absolute atomic E-state index is 13.3. The van der Waals surface area contributed by atoms with Crippen molar-refractivity contribution in [3.8, 4) is 11.5 Å². The van der Waals surface area contributed by atoms with Gasteiger partial charge in [0.05, 0.1) is 53.8 Å². The number of aromatic nitrogens is 4. The number of carboxylic acids is 2. The quantitative estimate of drug-likeness (QED) is 0.0737. The topological polar surface area (TPSA) is 195 Å². The lowest BCUT2D eigenvalue weighted by molar-refractivity contribution is -0.695. The Balaban J connectivity index is 0.758. The number of aliphatic carboxylic acids is 2. The van der Waals surface area contributed by atoms with E-state index in [-0.39, 0.29) is 0 Å². The highest BCUT2D eigenvalue weighted by Gasteiger charge is 2.30. The monoisotopic (exact) mass is 919 g/mol. The van der Waals surface area contributed by atoms with Crippen LogP contribution in [-0.4, -0.2) is 125 Å². The van der Waals surface area contributed by atoms with Gasteiger partial charge in [0.25, 0.3) is 11.8 Å². The Labute approximate surface area is 391 Å². The van der Waals surface area contributed by atoms with Crippen molar-refractivity contribution in [2.45, 2.75) is 38.8 Å². The summed E-state index contributed by atoms with van der Waals surface area (Å²) in [5.41, 5.74) is 3.54. The van der Waals surface area contributed by atoms with E-state index >= 15 is 0 Å². The number of piperidine rings is 2. The molecule has 0 aliphatic carbocycles. The second-order valence-electron chi connectivity index (χ2n) is 18.2. The molecule has 4 aromatic carbocycles. The largest absolute Gasteiger partial charge is 0.497 e. The van der Waals surface area contributed by atoms with Crippen molar-refractivity contribution in [2.75, 3.05) is 66.6 Å². The van der Waals surface area contributed by atoms with Gasteiger partial charge < -0.3 is 44.8 Å². The zero-order chi connectivity index (χ0) is 47.1. The Morgan fingerprint density at radius 2 is 1.32 bits per heavy atom. The van der Waals surface area contributed by atoms with Gasteiger partial charge in [-0.2, -0.15) is 0 Å². The molecule has 16 nitrogen and oxygen atoms in total. The number of amides is 2. The summed E-state index contributed by atoms with van der Waals surface area (Å²) >= 11 is 0. The Morgan fingerprint density at radius 1 is 0.706 bits per heavy atom. The van der Waals surface area contributed by atoms with Gasteiger partial charge in [-0.25, -0.2) is 9.55 Å². The van der Waals surface area contributed by atoms with Crippen LogP contribution in [0, 0.1) is 11.8 Å². The molecule has 0 atom stereocenters. The lowest BCUT2D eigenvalue weighted by Gasteiger charge is -2.40. The van der Waals surface area contributed by atoms with Crippen LogP contribution in [0.3, 0.4) is 0 Å². The van der Waals surface area contributed by atoms with E-state index in [1.807, 2.05) is 54.6 Å². The minimum atomic E-state index is -1.11. The number of methoxy groups -OCH3 is 2. The molecular formula is C52H55N8O8+. The third kappa shape index (κ3) is 8.84. The van der Waals surface area contributed by atoms with Crippen molar-refractivity contribution in [1.82, 2.24) is 35.0 Å². The number of fused-ring (bicyclic) bond motifs is 10. The zero-order valence-corrected chi connectivity index (χ0v) is 38.2. The number of likely N-dealkylation sites (tertiary alicyclic amines) is 2. The molecule has 2 fully saturated rings. The minimum Gasteiger partial charge on any atom is -0.497 e. The number of carboxylic acid groups (broad SMARTS) is 2. The molecule has 2 saturated heterocycles. The number of rotatable bonds is 15. The lowest BCUT2D eigenvalue weighted by Crippen LogP contribution is -2.45. The predicted octanol–water partition coefficient (Wildman–Crippen LogP) is 6.19. The van der Waals surface area contributed by atoms with Crippen molar-refractivity contribution >= 4 is 88.9 Å². The Kier molecular flexibility index (Phi) is 12.3. The van der Waals surface area contributed by atoms with Crippen LogP contribution in [0.15, 0.2) is 85.5 Å². The van der Waals surface area contributed by atoms with Gasteiger partial charge in [-0.15, -0.1) is 0 Å². The molecule has 4 aromatic heterocycles. The molecule has 2 aliphatic rings. The fourth-order valence-electron chi connectivity index (χ4n) is 10.7. The smallest absolute Gasteiger partial charge is 0.322 e. The standard InChI is InChI=1S/C52H54N8O8/c1-67-35-3-5-43-37(25-35)47-41-29-59(17-11-33(41)23-39(49(47)55-43)51(65)53-27-45(61)62)21-19-57-13-7-31(8-14-57)32-9-15-58(16-10-32)20-22-60-18-12-34-24-40(52(66)54-28-46(63)64)50-48(42(34)30-60)38-26-36(68-2)4-6-44(38)56-50/h3-6,11-12,17-18,23-26,29-32H,7-10,13-16,19-22,27-28H2,1-2H3,(H4,53,54,61,62,63,64,65,66)/p+1. The van der Waals surface area contributed by atoms with Crippen LogP contribution in [-0.2, 0) is 22.7 Å². The molecule has 16 heteroatoms. The van der Waals surface area contributed by atoms with Crippen LogP contribution >= 0.6 is 0 Å². The molecule has 0 radical (unpaired) electrons. The molecule has 350 valence electrons. The van der Waals surface area contributed by atoms with Crippen molar-refractivity contribution in [1.29, 1.82) is 0 Å². The molecule has 68 heavy (non-hydrogen) atoms. The first-order chi connectivity index (χ1) is 33.0. The number of nitrogens with one attached hydrogen (secondary N) is 3. The third-order valence-electron chi connectivity index (χ3n) is 14.3. The summed E-state index contributed by atoms with van der Waals surface area (Å²) in [6.07, 6.45) is 13.2. The van der Waals surface area contributed by atoms with E-state index in [1.165, 1.54) is 25.7 Å². The molecular weight excluding hydrogens is 865 g/mol. The van der Waals surface area contributed by atoms with E-state index in [0.29, 0.717) is 33.7 Å². The molecule has 0 bridgehead atoms. The molecule has 10 rings (SSSR count). The number of aromatic amines is 1. The van der Waals surface area contributed by atoms with Gasteiger partial charge >= 0.3 is 11.9 Å². The van der Waals surface area contributed by atoms with E-state index in [0.717, 1.165) is 118 Å². The summed E-state index contributed by atoms with van der Waals surface area (Å²) in [5, 5.41) is 30.7. The first kappa shape index (κ1) is 44.5. The van der Waals surface area contributed by atoms with E-state index in [9.17, 15) is 29.4 Å². The summed E-state index contributed by atoms with van der Waals surface area (Å²) in [7, 11) is 3.25. The first-order valence-electron chi connectivity index (χ1n) is 23.3. The highest BCUT2D eigenvalue weighted by Crippen LogP contribution is 2.38. The van der Waals surface area contributed by atoms with Gasteiger partial charge in [0.1, 0.15) is 24.6 Å².